The highest BCUT2D eigenvalue weighted by Gasteiger charge is 2.15. The fourth-order valence-electron chi connectivity index (χ4n) is 2.08. The molecule has 0 saturated carbocycles. The molecule has 2 aromatic carbocycles. The van der Waals surface area contributed by atoms with Gasteiger partial charge in [-0.15, -0.1) is 0 Å². The number of amides is 1. The Kier molecular flexibility index (Phi) is 6.26. The largest absolute Gasteiger partial charge is 0.483 e. The lowest BCUT2D eigenvalue weighted by atomic mass is 10.1. The molecule has 9 heteroatoms. The quantitative estimate of drug-likeness (QED) is 0.498. The predicted octanol–water partition coefficient (Wildman–Crippen LogP) is 5.30. The van der Waals surface area contributed by atoms with E-state index in [0.717, 1.165) is 11.1 Å². The highest BCUT2D eigenvalue weighted by atomic mass is 79.9. The topological polar surface area (TPSA) is 81.5 Å². The minimum atomic E-state index is -0.620. The van der Waals surface area contributed by atoms with Gasteiger partial charge < -0.3 is 10.1 Å². The van der Waals surface area contributed by atoms with Crippen molar-refractivity contribution < 1.29 is 14.5 Å². The van der Waals surface area contributed by atoms with Gasteiger partial charge >= 0.3 is 0 Å². The number of nitro groups is 1. The summed E-state index contributed by atoms with van der Waals surface area (Å²) in [6.07, 6.45) is 0. The van der Waals surface area contributed by atoms with E-state index in [9.17, 15) is 14.9 Å². The van der Waals surface area contributed by atoms with Crippen LogP contribution in [0, 0.1) is 24.0 Å². The van der Waals surface area contributed by atoms with Gasteiger partial charge in [-0.25, -0.2) is 0 Å². The molecule has 0 atom stereocenters. The number of nitrogens with one attached hydrogen (secondary N) is 1. The van der Waals surface area contributed by atoms with E-state index in [1.54, 1.807) is 6.07 Å². The molecule has 0 spiro atoms. The van der Waals surface area contributed by atoms with Crippen molar-refractivity contribution in [2.75, 3.05) is 11.9 Å². The first-order valence-electron chi connectivity index (χ1n) is 7.02. The number of hydrogen-bond acceptors (Lipinski definition) is 4. The van der Waals surface area contributed by atoms with E-state index in [4.69, 9.17) is 27.9 Å². The minimum Gasteiger partial charge on any atom is -0.483 e. The number of carbonyl (C=O) groups is 1. The monoisotopic (exact) mass is 446 g/mol. The lowest BCUT2D eigenvalue weighted by Crippen LogP contribution is -2.20. The Morgan fingerprint density at radius 3 is 2.64 bits per heavy atom. The number of nitro benzene ring substituents is 1. The van der Waals surface area contributed by atoms with E-state index in [1.807, 2.05) is 13.8 Å². The van der Waals surface area contributed by atoms with Crippen LogP contribution in [0.4, 0.5) is 11.4 Å². The van der Waals surface area contributed by atoms with Crippen LogP contribution >= 0.6 is 39.1 Å². The van der Waals surface area contributed by atoms with Gasteiger partial charge in [0.25, 0.3) is 11.6 Å². The number of benzene rings is 2. The lowest BCUT2D eigenvalue weighted by Gasteiger charge is -2.13. The van der Waals surface area contributed by atoms with E-state index in [1.165, 1.54) is 18.2 Å². The molecule has 2 aromatic rings. The van der Waals surface area contributed by atoms with Crippen molar-refractivity contribution in [3.8, 4) is 5.75 Å². The average Bonchev–Trinajstić information content (AvgIpc) is 2.56. The van der Waals surface area contributed by atoms with Crippen LogP contribution in [-0.4, -0.2) is 17.4 Å². The Labute approximate surface area is 162 Å². The van der Waals surface area contributed by atoms with E-state index < -0.39 is 10.8 Å². The second-order valence-corrected chi connectivity index (χ2v) is 6.78. The van der Waals surface area contributed by atoms with Crippen LogP contribution < -0.4 is 10.1 Å². The molecule has 0 saturated heterocycles. The molecule has 25 heavy (non-hydrogen) atoms. The number of aryl methyl sites for hydroxylation is 1. The van der Waals surface area contributed by atoms with Crippen molar-refractivity contribution in [2.24, 2.45) is 0 Å². The number of rotatable bonds is 5. The first kappa shape index (κ1) is 19.5. The summed E-state index contributed by atoms with van der Waals surface area (Å²) in [6.45, 7) is 3.40. The Hall–Kier alpha value is -1.83. The Morgan fingerprint density at radius 2 is 2.00 bits per heavy atom. The van der Waals surface area contributed by atoms with Gasteiger partial charge in [-0.05, 0) is 59.1 Å². The van der Waals surface area contributed by atoms with Crippen molar-refractivity contribution in [1.82, 2.24) is 0 Å². The molecule has 1 amide bonds. The number of nitrogens with zero attached hydrogens (tertiary/aromatic N) is 1. The van der Waals surface area contributed by atoms with Crippen LogP contribution in [0.3, 0.4) is 0 Å². The third-order valence-corrected chi connectivity index (χ3v) is 5.24. The zero-order valence-corrected chi connectivity index (χ0v) is 16.3. The van der Waals surface area contributed by atoms with Crippen LogP contribution in [-0.2, 0) is 4.79 Å². The summed E-state index contributed by atoms with van der Waals surface area (Å²) >= 11 is 15.3. The van der Waals surface area contributed by atoms with Crippen molar-refractivity contribution in [3.63, 3.8) is 0 Å². The maximum absolute atomic E-state index is 12.0. The lowest BCUT2D eigenvalue weighted by molar-refractivity contribution is -0.384. The minimum absolute atomic E-state index is 0.00436. The molecule has 132 valence electrons. The first-order chi connectivity index (χ1) is 11.7. The SMILES string of the molecule is Cc1cc(OCC(=O)Nc2ccc(Cl)c([N+](=O)[O-])c2)c(Br)c(C)c1Cl. The van der Waals surface area contributed by atoms with Gasteiger partial charge in [0.1, 0.15) is 10.8 Å². The fraction of sp³-hybridized carbons (Fsp3) is 0.188. The van der Waals surface area contributed by atoms with Gasteiger partial charge in [-0.3, -0.25) is 14.9 Å². The molecule has 0 fully saturated rings. The van der Waals surface area contributed by atoms with Crippen LogP contribution in [0.15, 0.2) is 28.7 Å². The molecular weight excluding hydrogens is 435 g/mol. The van der Waals surface area contributed by atoms with Gasteiger partial charge in [0.05, 0.1) is 9.40 Å². The van der Waals surface area contributed by atoms with Gasteiger partial charge in [0.15, 0.2) is 6.61 Å². The highest BCUT2D eigenvalue weighted by molar-refractivity contribution is 9.10. The average molecular weight is 448 g/mol. The first-order valence-corrected chi connectivity index (χ1v) is 8.57. The van der Waals surface area contributed by atoms with Gasteiger partial charge in [0, 0.05) is 16.8 Å². The summed E-state index contributed by atoms with van der Waals surface area (Å²) < 4.78 is 6.18. The van der Waals surface area contributed by atoms with Gasteiger partial charge in [0.2, 0.25) is 0 Å². The predicted molar refractivity (Wildman–Crippen MR) is 101 cm³/mol. The van der Waals surface area contributed by atoms with Crippen molar-refractivity contribution >= 4 is 56.4 Å². The van der Waals surface area contributed by atoms with Gasteiger partial charge in [-0.2, -0.15) is 0 Å². The summed E-state index contributed by atoms with van der Waals surface area (Å²) in [7, 11) is 0. The Bertz CT molecular complexity index is 859. The maximum atomic E-state index is 12.0. The summed E-state index contributed by atoms with van der Waals surface area (Å²) in [5, 5.41) is 14.0. The summed E-state index contributed by atoms with van der Waals surface area (Å²) in [5.74, 6) is 0.0189. The standard InChI is InChI=1S/C16H13BrCl2N2O4/c1-8-5-13(15(17)9(2)16(8)19)25-7-14(22)20-10-3-4-11(18)12(6-10)21(23)24/h3-6H,7H2,1-2H3,(H,20,22). The van der Waals surface area contributed by atoms with Gasteiger partial charge in [-0.1, -0.05) is 23.2 Å². The number of carbonyl (C=O) groups excluding carboxylic acids is 1. The molecule has 0 heterocycles. The Balaban J connectivity index is 2.07. The number of ether oxygens (including phenoxy) is 1. The van der Waals surface area contributed by atoms with E-state index in [0.29, 0.717) is 15.2 Å². The fourth-order valence-corrected chi connectivity index (χ4v) is 2.95. The third-order valence-electron chi connectivity index (χ3n) is 3.35. The summed E-state index contributed by atoms with van der Waals surface area (Å²) in [5.41, 5.74) is 1.61. The maximum Gasteiger partial charge on any atom is 0.289 e. The molecule has 0 bridgehead atoms. The number of hydrogen-bond donors (Lipinski definition) is 1. The second kappa shape index (κ2) is 8.03. The van der Waals surface area contributed by atoms with Crippen LogP contribution in [0.25, 0.3) is 0 Å². The second-order valence-electron chi connectivity index (χ2n) is 5.20. The summed E-state index contributed by atoms with van der Waals surface area (Å²) in [4.78, 5) is 22.3. The van der Waals surface area contributed by atoms with Crippen LogP contribution in [0.5, 0.6) is 5.75 Å². The molecule has 0 aromatic heterocycles. The molecule has 0 radical (unpaired) electrons. The summed E-state index contributed by atoms with van der Waals surface area (Å²) in [6, 6.07) is 5.73. The molecule has 6 nitrogen and oxygen atoms in total. The van der Waals surface area contributed by atoms with Crippen molar-refractivity contribution in [3.05, 3.63) is 60.0 Å². The third kappa shape index (κ3) is 4.62. The van der Waals surface area contributed by atoms with Crippen LogP contribution in [0.1, 0.15) is 11.1 Å². The van der Waals surface area contributed by atoms with E-state index >= 15 is 0 Å². The normalized spacial score (nSPS) is 10.4. The molecule has 0 aliphatic heterocycles. The molecular formula is C16H13BrCl2N2O4. The zero-order chi connectivity index (χ0) is 18.7. The molecule has 0 aliphatic rings. The molecule has 0 unspecified atom stereocenters. The molecule has 2 rings (SSSR count). The van der Waals surface area contributed by atoms with Crippen LogP contribution in [0.2, 0.25) is 10.0 Å². The van der Waals surface area contributed by atoms with E-state index in [2.05, 4.69) is 21.2 Å². The highest BCUT2D eigenvalue weighted by Crippen LogP contribution is 2.35. The number of anilines is 1. The smallest absolute Gasteiger partial charge is 0.289 e. The van der Waals surface area contributed by atoms with Crippen molar-refractivity contribution in [2.45, 2.75) is 13.8 Å². The number of halogens is 3. The van der Waals surface area contributed by atoms with Crippen molar-refractivity contribution in [1.29, 1.82) is 0 Å². The Morgan fingerprint density at radius 1 is 1.32 bits per heavy atom. The van der Waals surface area contributed by atoms with E-state index in [-0.39, 0.29) is 23.0 Å². The zero-order valence-electron chi connectivity index (χ0n) is 13.2. The molecule has 1 N–H and O–H groups in total. The molecule has 0 aliphatic carbocycles.